The highest BCUT2D eigenvalue weighted by molar-refractivity contribution is 7.52. The summed E-state index contributed by atoms with van der Waals surface area (Å²) in [5.74, 6) is -1.72. The van der Waals surface area contributed by atoms with E-state index in [0.29, 0.717) is 0 Å². The fourth-order valence-corrected chi connectivity index (χ4v) is 3.17. The van der Waals surface area contributed by atoms with E-state index in [1.54, 1.807) is 0 Å². The average molecular weight is 250 g/mol. The van der Waals surface area contributed by atoms with Gasteiger partial charge in [0.2, 0.25) is 5.91 Å². The van der Waals surface area contributed by atoms with Crippen LogP contribution in [0.1, 0.15) is 32.6 Å². The van der Waals surface area contributed by atoms with Crippen LogP contribution in [0.4, 0.5) is 0 Å². The van der Waals surface area contributed by atoms with Crippen LogP contribution in [0, 0.1) is 5.92 Å². The smallest absolute Gasteiger partial charge is 0.340 e. The molecule has 0 radical (unpaired) electrons. The number of carbonyl (C=O) groups is 1. The highest BCUT2D eigenvalue weighted by Crippen LogP contribution is 2.47. The van der Waals surface area contributed by atoms with Gasteiger partial charge in [-0.2, -0.15) is 0 Å². The minimum atomic E-state index is -4.31. The van der Waals surface area contributed by atoms with Gasteiger partial charge >= 0.3 is 7.60 Å². The van der Waals surface area contributed by atoms with Gasteiger partial charge in [0.15, 0.2) is 0 Å². The van der Waals surface area contributed by atoms with Crippen molar-refractivity contribution in [2.45, 2.75) is 44.4 Å². The highest BCUT2D eigenvalue weighted by Gasteiger charge is 2.38. The van der Waals surface area contributed by atoms with E-state index >= 15 is 0 Å². The Morgan fingerprint density at radius 1 is 1.44 bits per heavy atom. The van der Waals surface area contributed by atoms with Crippen LogP contribution in [0.25, 0.3) is 0 Å². The lowest BCUT2D eigenvalue weighted by Crippen LogP contribution is -2.46. The molecule has 5 N–H and O–H groups in total. The zero-order chi connectivity index (χ0) is 12.3. The maximum atomic E-state index is 11.4. The van der Waals surface area contributed by atoms with Gasteiger partial charge in [0, 0.05) is 0 Å². The lowest BCUT2D eigenvalue weighted by molar-refractivity contribution is -0.122. The van der Waals surface area contributed by atoms with Gasteiger partial charge in [-0.05, 0) is 25.7 Å². The zero-order valence-electron chi connectivity index (χ0n) is 9.30. The van der Waals surface area contributed by atoms with Crippen LogP contribution in [-0.2, 0) is 9.36 Å². The third-order valence-electron chi connectivity index (χ3n) is 2.91. The molecule has 7 heteroatoms. The number of nitrogens with two attached hydrogens (primary N) is 1. The normalized spacial score (nSPS) is 21.8. The van der Waals surface area contributed by atoms with E-state index < -0.39 is 25.3 Å². The number of hydrogen-bond donors (Lipinski definition) is 4. The van der Waals surface area contributed by atoms with E-state index in [1.807, 2.05) is 0 Å². The molecule has 0 aliphatic heterocycles. The molecule has 6 nitrogen and oxygen atoms in total. The van der Waals surface area contributed by atoms with Crippen LogP contribution in [0.2, 0.25) is 0 Å². The minimum absolute atomic E-state index is 0.136. The molecular weight excluding hydrogens is 231 g/mol. The van der Waals surface area contributed by atoms with Crippen molar-refractivity contribution in [3.63, 3.8) is 0 Å². The Balaban J connectivity index is 2.72. The number of nitrogens with one attached hydrogen (secondary N) is 1. The van der Waals surface area contributed by atoms with Crippen LogP contribution in [0.5, 0.6) is 0 Å². The highest BCUT2D eigenvalue weighted by atomic mass is 31.2. The Hall–Kier alpha value is -0.420. The zero-order valence-corrected chi connectivity index (χ0v) is 10.2. The SMILES string of the molecule is C[C@H](N)C(=O)NC(C1CCCC1)P(=O)(O)O. The van der Waals surface area contributed by atoms with E-state index in [1.165, 1.54) is 6.92 Å². The molecule has 1 aliphatic carbocycles. The number of amides is 1. The summed E-state index contributed by atoms with van der Waals surface area (Å²) in [6.07, 6.45) is 3.40. The van der Waals surface area contributed by atoms with Gasteiger partial charge in [-0.1, -0.05) is 12.8 Å². The first kappa shape index (κ1) is 13.6. The Morgan fingerprint density at radius 2 is 1.94 bits per heavy atom. The summed E-state index contributed by atoms with van der Waals surface area (Å²) in [6, 6.07) is -0.754. The summed E-state index contributed by atoms with van der Waals surface area (Å²) in [4.78, 5) is 29.8. The van der Waals surface area contributed by atoms with Crippen molar-refractivity contribution in [3.8, 4) is 0 Å². The van der Waals surface area contributed by atoms with E-state index in [4.69, 9.17) is 5.73 Å². The molecule has 0 saturated heterocycles. The molecule has 1 aliphatic rings. The van der Waals surface area contributed by atoms with Gasteiger partial charge in [0.25, 0.3) is 0 Å². The van der Waals surface area contributed by atoms with Crippen molar-refractivity contribution in [3.05, 3.63) is 0 Å². The number of hydrogen-bond acceptors (Lipinski definition) is 3. The van der Waals surface area contributed by atoms with E-state index in [9.17, 15) is 19.1 Å². The first-order valence-electron chi connectivity index (χ1n) is 5.43. The first-order chi connectivity index (χ1) is 7.32. The van der Waals surface area contributed by atoms with Crippen LogP contribution in [0.3, 0.4) is 0 Å². The van der Waals surface area contributed by atoms with Crippen LogP contribution >= 0.6 is 7.60 Å². The maximum absolute atomic E-state index is 11.4. The standard InChI is InChI=1S/C9H19N2O4P/c1-6(10)8(12)11-9(16(13,14)15)7-4-2-3-5-7/h6-7,9H,2-5,10H2,1H3,(H,11,12)(H2,13,14,15)/t6-,9?/m0/s1. The Kier molecular flexibility index (Phi) is 4.50. The second kappa shape index (κ2) is 5.27. The van der Waals surface area contributed by atoms with E-state index in [2.05, 4.69) is 5.32 Å². The quantitative estimate of drug-likeness (QED) is 0.530. The van der Waals surface area contributed by atoms with Gasteiger partial charge in [0.05, 0.1) is 6.04 Å². The fourth-order valence-electron chi connectivity index (χ4n) is 2.03. The van der Waals surface area contributed by atoms with Gasteiger partial charge in [-0.15, -0.1) is 0 Å². The first-order valence-corrected chi connectivity index (χ1v) is 7.11. The van der Waals surface area contributed by atoms with Crippen molar-refractivity contribution in [2.75, 3.05) is 0 Å². The second-order valence-electron chi connectivity index (χ2n) is 4.38. The molecule has 1 saturated carbocycles. The van der Waals surface area contributed by atoms with E-state index in [-0.39, 0.29) is 5.92 Å². The molecule has 0 bridgehead atoms. The predicted octanol–water partition coefficient (Wildman–Crippen LogP) is 0.144. The van der Waals surface area contributed by atoms with Crippen molar-refractivity contribution in [2.24, 2.45) is 11.7 Å². The molecule has 0 aromatic carbocycles. The minimum Gasteiger partial charge on any atom is -0.340 e. The molecule has 0 heterocycles. The van der Waals surface area contributed by atoms with Gasteiger partial charge in [-0.3, -0.25) is 9.36 Å². The second-order valence-corrected chi connectivity index (χ2v) is 6.11. The van der Waals surface area contributed by atoms with Crippen molar-refractivity contribution < 1.29 is 19.1 Å². The largest absolute Gasteiger partial charge is 0.347 e. The summed E-state index contributed by atoms with van der Waals surface area (Å²) in [6.45, 7) is 1.49. The van der Waals surface area contributed by atoms with Gasteiger partial charge < -0.3 is 20.8 Å². The molecule has 0 spiro atoms. The Labute approximate surface area is 94.8 Å². The lowest BCUT2D eigenvalue weighted by atomic mass is 10.1. The topological polar surface area (TPSA) is 113 Å². The molecule has 94 valence electrons. The molecule has 0 aromatic rings. The van der Waals surface area contributed by atoms with E-state index in [0.717, 1.165) is 25.7 Å². The summed E-state index contributed by atoms with van der Waals surface area (Å²) in [7, 11) is -4.31. The molecular formula is C9H19N2O4P. The average Bonchev–Trinajstić information content (AvgIpc) is 2.63. The molecule has 1 fully saturated rings. The third kappa shape index (κ3) is 3.56. The van der Waals surface area contributed by atoms with Crippen LogP contribution < -0.4 is 11.1 Å². The van der Waals surface area contributed by atoms with Crippen LogP contribution in [0.15, 0.2) is 0 Å². The number of rotatable bonds is 4. The summed E-state index contributed by atoms with van der Waals surface area (Å²) >= 11 is 0. The maximum Gasteiger partial charge on any atom is 0.347 e. The summed E-state index contributed by atoms with van der Waals surface area (Å²) in [5, 5.41) is 2.37. The molecule has 2 atom stereocenters. The Morgan fingerprint density at radius 3 is 2.31 bits per heavy atom. The molecule has 1 unspecified atom stereocenters. The predicted molar refractivity (Wildman–Crippen MR) is 59.6 cm³/mol. The molecule has 0 aromatic heterocycles. The molecule has 1 amide bonds. The van der Waals surface area contributed by atoms with Crippen molar-refractivity contribution in [1.29, 1.82) is 0 Å². The monoisotopic (exact) mass is 250 g/mol. The van der Waals surface area contributed by atoms with Gasteiger partial charge in [0.1, 0.15) is 5.78 Å². The Bertz CT molecular complexity index is 296. The summed E-state index contributed by atoms with van der Waals surface area (Å²) < 4.78 is 11.3. The van der Waals surface area contributed by atoms with Crippen molar-refractivity contribution >= 4 is 13.5 Å². The lowest BCUT2D eigenvalue weighted by Gasteiger charge is -2.26. The fraction of sp³-hybridized carbons (Fsp3) is 0.889. The summed E-state index contributed by atoms with van der Waals surface area (Å²) in [5.41, 5.74) is 5.36. The van der Waals surface area contributed by atoms with Gasteiger partial charge in [-0.25, -0.2) is 0 Å². The molecule has 16 heavy (non-hydrogen) atoms. The van der Waals surface area contributed by atoms with Crippen molar-refractivity contribution in [1.82, 2.24) is 5.32 Å². The van der Waals surface area contributed by atoms with Crippen LogP contribution in [-0.4, -0.2) is 27.5 Å². The molecule has 1 rings (SSSR count). The number of carbonyl (C=O) groups excluding carboxylic acids is 1. The third-order valence-corrected chi connectivity index (χ3v) is 4.19.